The molecule has 1 aromatic carbocycles. The molecule has 0 bridgehead atoms. The standard InChI is InChI=1S/C17H20N2S/c1-13(2)9-10-19-16-8-4-3-7-15(16)18-17(19)12-14-6-5-11-20-14/h3-8,11,13H,9-10,12H2,1-2H3. The van der Waals surface area contributed by atoms with Gasteiger partial charge in [-0.1, -0.05) is 32.0 Å². The van der Waals surface area contributed by atoms with Crippen molar-refractivity contribution in [3.63, 3.8) is 0 Å². The molecule has 0 aliphatic heterocycles. The molecule has 0 fully saturated rings. The summed E-state index contributed by atoms with van der Waals surface area (Å²) in [4.78, 5) is 6.22. The fraction of sp³-hybridized carbons (Fsp3) is 0.353. The molecule has 104 valence electrons. The second kappa shape index (κ2) is 5.80. The maximum atomic E-state index is 4.84. The van der Waals surface area contributed by atoms with Gasteiger partial charge in [0.15, 0.2) is 0 Å². The Kier molecular flexibility index (Phi) is 3.88. The first kappa shape index (κ1) is 13.4. The van der Waals surface area contributed by atoms with E-state index in [1.165, 1.54) is 22.6 Å². The van der Waals surface area contributed by atoms with Gasteiger partial charge in [0.1, 0.15) is 5.82 Å². The fourth-order valence-electron chi connectivity index (χ4n) is 2.47. The zero-order chi connectivity index (χ0) is 13.9. The number of hydrogen-bond donors (Lipinski definition) is 0. The van der Waals surface area contributed by atoms with E-state index in [0.29, 0.717) is 5.92 Å². The van der Waals surface area contributed by atoms with E-state index in [-0.39, 0.29) is 0 Å². The summed E-state index contributed by atoms with van der Waals surface area (Å²) in [5.74, 6) is 1.90. The molecular formula is C17H20N2S. The van der Waals surface area contributed by atoms with Crippen molar-refractivity contribution in [2.24, 2.45) is 5.92 Å². The Morgan fingerprint density at radius 3 is 2.75 bits per heavy atom. The highest BCUT2D eigenvalue weighted by molar-refractivity contribution is 7.09. The SMILES string of the molecule is CC(C)CCn1c(Cc2cccs2)nc2ccccc21. The van der Waals surface area contributed by atoms with Gasteiger partial charge in [-0.25, -0.2) is 4.98 Å². The first-order chi connectivity index (χ1) is 9.74. The zero-order valence-electron chi connectivity index (χ0n) is 12.0. The van der Waals surface area contributed by atoms with Gasteiger partial charge in [-0.3, -0.25) is 0 Å². The zero-order valence-corrected chi connectivity index (χ0v) is 12.9. The molecule has 0 aliphatic rings. The van der Waals surface area contributed by atoms with Crippen LogP contribution >= 0.6 is 11.3 Å². The fourth-order valence-corrected chi connectivity index (χ4v) is 3.17. The van der Waals surface area contributed by atoms with Crippen LogP contribution in [0.25, 0.3) is 11.0 Å². The summed E-state index contributed by atoms with van der Waals surface area (Å²) >= 11 is 1.81. The quantitative estimate of drug-likeness (QED) is 0.662. The van der Waals surface area contributed by atoms with Crippen LogP contribution < -0.4 is 0 Å². The van der Waals surface area contributed by atoms with Gasteiger partial charge < -0.3 is 4.57 Å². The lowest BCUT2D eigenvalue weighted by atomic mass is 10.1. The third kappa shape index (κ3) is 2.78. The van der Waals surface area contributed by atoms with Crippen molar-refractivity contribution in [2.45, 2.75) is 33.2 Å². The van der Waals surface area contributed by atoms with Crippen molar-refractivity contribution >= 4 is 22.4 Å². The van der Waals surface area contributed by atoms with E-state index in [1.807, 2.05) is 11.3 Å². The largest absolute Gasteiger partial charge is 0.328 e. The van der Waals surface area contributed by atoms with Gasteiger partial charge in [-0.2, -0.15) is 0 Å². The normalized spacial score (nSPS) is 11.6. The van der Waals surface area contributed by atoms with E-state index in [2.05, 4.69) is 60.2 Å². The predicted octanol–water partition coefficient (Wildman–Crippen LogP) is 4.73. The third-order valence-electron chi connectivity index (χ3n) is 3.58. The summed E-state index contributed by atoms with van der Waals surface area (Å²) in [6.07, 6.45) is 2.13. The summed E-state index contributed by atoms with van der Waals surface area (Å²) in [5, 5.41) is 2.14. The van der Waals surface area contributed by atoms with Crippen LogP contribution in [-0.4, -0.2) is 9.55 Å². The molecule has 20 heavy (non-hydrogen) atoms. The Morgan fingerprint density at radius 2 is 2.00 bits per heavy atom. The van der Waals surface area contributed by atoms with Crippen LogP contribution in [-0.2, 0) is 13.0 Å². The van der Waals surface area contributed by atoms with Crippen LogP contribution in [0.2, 0.25) is 0 Å². The van der Waals surface area contributed by atoms with E-state index < -0.39 is 0 Å². The Morgan fingerprint density at radius 1 is 1.15 bits per heavy atom. The maximum Gasteiger partial charge on any atom is 0.115 e. The molecule has 0 N–H and O–H groups in total. The van der Waals surface area contributed by atoms with E-state index in [0.717, 1.165) is 18.5 Å². The molecule has 0 unspecified atom stereocenters. The van der Waals surface area contributed by atoms with Crippen LogP contribution in [0.1, 0.15) is 31.0 Å². The van der Waals surface area contributed by atoms with Gasteiger partial charge in [-0.15, -0.1) is 11.3 Å². The van der Waals surface area contributed by atoms with Crippen LogP contribution in [0.15, 0.2) is 41.8 Å². The molecule has 0 saturated heterocycles. The first-order valence-corrected chi connectivity index (χ1v) is 8.08. The van der Waals surface area contributed by atoms with Gasteiger partial charge >= 0.3 is 0 Å². The summed E-state index contributed by atoms with van der Waals surface area (Å²) in [5.41, 5.74) is 2.38. The minimum atomic E-state index is 0.714. The Bertz CT molecular complexity index is 680. The van der Waals surface area contributed by atoms with E-state index >= 15 is 0 Å². The first-order valence-electron chi connectivity index (χ1n) is 7.20. The maximum absolute atomic E-state index is 4.84. The van der Waals surface area contributed by atoms with Gasteiger partial charge in [0.2, 0.25) is 0 Å². The van der Waals surface area contributed by atoms with Crippen molar-refractivity contribution in [2.75, 3.05) is 0 Å². The van der Waals surface area contributed by atoms with Gasteiger partial charge in [0.05, 0.1) is 11.0 Å². The highest BCUT2D eigenvalue weighted by atomic mass is 32.1. The molecule has 0 aliphatic carbocycles. The second-order valence-corrected chi connectivity index (χ2v) is 6.64. The number of nitrogens with zero attached hydrogens (tertiary/aromatic N) is 2. The number of fused-ring (bicyclic) bond motifs is 1. The number of rotatable bonds is 5. The molecule has 3 heteroatoms. The molecule has 0 atom stereocenters. The smallest absolute Gasteiger partial charge is 0.115 e. The highest BCUT2D eigenvalue weighted by Crippen LogP contribution is 2.21. The number of benzene rings is 1. The van der Waals surface area contributed by atoms with Crippen molar-refractivity contribution in [1.29, 1.82) is 0 Å². The monoisotopic (exact) mass is 284 g/mol. The summed E-state index contributed by atoms with van der Waals surface area (Å²) in [7, 11) is 0. The average molecular weight is 284 g/mol. The minimum absolute atomic E-state index is 0.714. The number of aryl methyl sites for hydroxylation is 1. The molecule has 2 aromatic heterocycles. The average Bonchev–Trinajstić information content (AvgIpc) is 3.04. The van der Waals surface area contributed by atoms with E-state index in [4.69, 9.17) is 4.98 Å². The van der Waals surface area contributed by atoms with Crippen molar-refractivity contribution in [3.8, 4) is 0 Å². The summed E-state index contributed by atoms with van der Waals surface area (Å²) < 4.78 is 2.40. The van der Waals surface area contributed by atoms with Crippen LogP contribution in [0.3, 0.4) is 0 Å². The number of para-hydroxylation sites is 2. The molecule has 0 spiro atoms. The van der Waals surface area contributed by atoms with Crippen molar-refractivity contribution in [3.05, 3.63) is 52.5 Å². The molecule has 3 rings (SSSR count). The van der Waals surface area contributed by atoms with Gasteiger partial charge in [0.25, 0.3) is 0 Å². The van der Waals surface area contributed by atoms with Crippen LogP contribution in [0.4, 0.5) is 0 Å². The Labute approximate surface area is 124 Å². The van der Waals surface area contributed by atoms with Gasteiger partial charge in [-0.05, 0) is 35.9 Å². The topological polar surface area (TPSA) is 17.8 Å². The van der Waals surface area contributed by atoms with E-state index in [1.54, 1.807) is 0 Å². The van der Waals surface area contributed by atoms with Gasteiger partial charge in [0, 0.05) is 17.8 Å². The van der Waals surface area contributed by atoms with Crippen molar-refractivity contribution < 1.29 is 0 Å². The minimum Gasteiger partial charge on any atom is -0.328 e. The number of hydrogen-bond acceptors (Lipinski definition) is 2. The predicted molar refractivity (Wildman–Crippen MR) is 86.3 cm³/mol. The number of imidazole rings is 1. The molecular weight excluding hydrogens is 264 g/mol. The lowest BCUT2D eigenvalue weighted by molar-refractivity contribution is 0.514. The number of thiophene rings is 1. The number of aromatic nitrogens is 2. The van der Waals surface area contributed by atoms with E-state index in [9.17, 15) is 0 Å². The molecule has 0 amide bonds. The van der Waals surface area contributed by atoms with Crippen LogP contribution in [0.5, 0.6) is 0 Å². The lowest BCUT2D eigenvalue weighted by Crippen LogP contribution is -2.06. The molecule has 0 radical (unpaired) electrons. The second-order valence-electron chi connectivity index (χ2n) is 5.61. The molecule has 2 heterocycles. The summed E-state index contributed by atoms with van der Waals surface area (Å²) in [6.45, 7) is 5.61. The molecule has 2 nitrogen and oxygen atoms in total. The Hall–Kier alpha value is -1.61. The lowest BCUT2D eigenvalue weighted by Gasteiger charge is -2.10. The molecule has 0 saturated carbocycles. The highest BCUT2D eigenvalue weighted by Gasteiger charge is 2.11. The molecule has 3 aromatic rings. The third-order valence-corrected chi connectivity index (χ3v) is 4.45. The van der Waals surface area contributed by atoms with Crippen LogP contribution in [0, 0.1) is 5.92 Å². The summed E-state index contributed by atoms with van der Waals surface area (Å²) in [6, 6.07) is 12.8. The van der Waals surface area contributed by atoms with Crippen molar-refractivity contribution in [1.82, 2.24) is 9.55 Å². The Balaban J connectivity index is 1.98.